The SMILES string of the molecule is CC(=O)NCC(I)C=O. The van der Waals surface area contributed by atoms with E-state index in [9.17, 15) is 9.59 Å². The van der Waals surface area contributed by atoms with Crippen molar-refractivity contribution in [1.82, 2.24) is 5.32 Å². The van der Waals surface area contributed by atoms with E-state index in [4.69, 9.17) is 0 Å². The van der Waals surface area contributed by atoms with Crippen LogP contribution in [0.15, 0.2) is 0 Å². The van der Waals surface area contributed by atoms with Crippen LogP contribution in [0.1, 0.15) is 6.92 Å². The lowest BCUT2D eigenvalue weighted by Crippen LogP contribution is -2.27. The Morgan fingerprint density at radius 2 is 2.44 bits per heavy atom. The summed E-state index contributed by atoms with van der Waals surface area (Å²) in [7, 11) is 0. The van der Waals surface area contributed by atoms with Gasteiger partial charge in [0.25, 0.3) is 0 Å². The van der Waals surface area contributed by atoms with Crippen molar-refractivity contribution in [1.29, 1.82) is 0 Å². The highest BCUT2D eigenvalue weighted by atomic mass is 127. The zero-order valence-electron chi connectivity index (χ0n) is 5.06. The highest BCUT2D eigenvalue weighted by Gasteiger charge is 1.99. The Bertz CT molecular complexity index is 116. The summed E-state index contributed by atoms with van der Waals surface area (Å²) in [5.41, 5.74) is 0. The van der Waals surface area contributed by atoms with Crippen LogP contribution in [-0.4, -0.2) is 22.7 Å². The van der Waals surface area contributed by atoms with Crippen LogP contribution in [0.2, 0.25) is 0 Å². The van der Waals surface area contributed by atoms with Crippen LogP contribution in [0.3, 0.4) is 0 Å². The molecule has 0 spiro atoms. The molecule has 4 heteroatoms. The van der Waals surface area contributed by atoms with E-state index in [1.54, 1.807) is 0 Å². The Hall–Kier alpha value is -0.130. The van der Waals surface area contributed by atoms with Crippen molar-refractivity contribution in [3.8, 4) is 0 Å². The number of carbonyl (C=O) groups excluding carboxylic acids is 2. The summed E-state index contributed by atoms with van der Waals surface area (Å²) in [6, 6.07) is 0. The van der Waals surface area contributed by atoms with Crippen LogP contribution >= 0.6 is 22.6 Å². The second-order valence-electron chi connectivity index (χ2n) is 1.59. The molecule has 0 aliphatic heterocycles. The first kappa shape index (κ1) is 8.87. The molecular weight excluding hydrogens is 233 g/mol. The molecule has 0 aliphatic carbocycles. The van der Waals surface area contributed by atoms with Gasteiger partial charge in [0.15, 0.2) is 0 Å². The zero-order valence-corrected chi connectivity index (χ0v) is 7.21. The standard InChI is InChI=1S/C5H8INO2/c1-4(9)7-2-5(6)3-8/h3,5H,2H2,1H3,(H,7,9). The van der Waals surface area contributed by atoms with E-state index in [1.165, 1.54) is 6.92 Å². The third-order valence-corrected chi connectivity index (χ3v) is 1.43. The average molecular weight is 241 g/mol. The summed E-state index contributed by atoms with van der Waals surface area (Å²) in [4.78, 5) is 20.2. The van der Waals surface area contributed by atoms with Crippen LogP contribution in [0.4, 0.5) is 0 Å². The van der Waals surface area contributed by atoms with Gasteiger partial charge in [-0.2, -0.15) is 0 Å². The predicted molar refractivity (Wildman–Crippen MR) is 42.6 cm³/mol. The normalized spacial score (nSPS) is 12.2. The van der Waals surface area contributed by atoms with Crippen LogP contribution in [0, 0.1) is 0 Å². The van der Waals surface area contributed by atoms with E-state index in [0.717, 1.165) is 6.29 Å². The monoisotopic (exact) mass is 241 g/mol. The molecular formula is C5H8INO2. The molecule has 52 valence electrons. The van der Waals surface area contributed by atoms with Crippen LogP contribution in [-0.2, 0) is 9.59 Å². The van der Waals surface area contributed by atoms with Crippen LogP contribution in [0.5, 0.6) is 0 Å². The van der Waals surface area contributed by atoms with Crippen LogP contribution in [0.25, 0.3) is 0 Å². The molecule has 0 heterocycles. The first-order chi connectivity index (χ1) is 4.16. The summed E-state index contributed by atoms with van der Waals surface area (Å²) >= 11 is 1.96. The number of hydrogen-bond donors (Lipinski definition) is 1. The Labute approximate surface area is 67.3 Å². The Morgan fingerprint density at radius 1 is 1.89 bits per heavy atom. The fourth-order valence-corrected chi connectivity index (χ4v) is 0.510. The van der Waals surface area contributed by atoms with Gasteiger partial charge in [0.2, 0.25) is 5.91 Å². The number of halogens is 1. The van der Waals surface area contributed by atoms with Crippen molar-refractivity contribution in [3.05, 3.63) is 0 Å². The molecule has 9 heavy (non-hydrogen) atoms. The number of carbonyl (C=O) groups is 2. The fraction of sp³-hybridized carbons (Fsp3) is 0.600. The van der Waals surface area contributed by atoms with Gasteiger partial charge in [-0.25, -0.2) is 0 Å². The van der Waals surface area contributed by atoms with E-state index >= 15 is 0 Å². The predicted octanol–water partition coefficient (Wildman–Crippen LogP) is 0.125. The van der Waals surface area contributed by atoms with Gasteiger partial charge in [-0.05, 0) is 0 Å². The van der Waals surface area contributed by atoms with E-state index < -0.39 is 0 Å². The summed E-state index contributed by atoms with van der Waals surface area (Å²) in [6.07, 6.45) is 0.802. The minimum absolute atomic E-state index is 0.0986. The van der Waals surface area contributed by atoms with Crippen molar-refractivity contribution in [2.24, 2.45) is 0 Å². The molecule has 3 nitrogen and oxygen atoms in total. The topological polar surface area (TPSA) is 46.2 Å². The molecule has 0 saturated heterocycles. The van der Waals surface area contributed by atoms with Gasteiger partial charge < -0.3 is 10.1 Å². The lowest BCUT2D eigenvalue weighted by molar-refractivity contribution is -0.118. The lowest BCUT2D eigenvalue weighted by atomic mass is 10.4. The van der Waals surface area contributed by atoms with E-state index in [2.05, 4.69) is 5.32 Å². The van der Waals surface area contributed by atoms with Gasteiger partial charge in [0.1, 0.15) is 6.29 Å². The molecule has 0 fully saturated rings. The van der Waals surface area contributed by atoms with E-state index in [0.29, 0.717) is 6.54 Å². The molecule has 1 atom stereocenters. The molecule has 1 N–H and O–H groups in total. The molecule has 0 rings (SSSR count). The summed E-state index contributed by atoms with van der Waals surface area (Å²) < 4.78 is -0.105. The molecule has 0 aliphatic rings. The number of hydrogen-bond acceptors (Lipinski definition) is 2. The quantitative estimate of drug-likeness (QED) is 0.433. The number of nitrogens with one attached hydrogen (secondary N) is 1. The molecule has 1 unspecified atom stereocenters. The zero-order chi connectivity index (χ0) is 7.28. The minimum atomic E-state index is -0.105. The van der Waals surface area contributed by atoms with Gasteiger partial charge in [0, 0.05) is 13.5 Å². The summed E-state index contributed by atoms with van der Waals surface area (Å²) in [5.74, 6) is -0.0986. The molecule has 0 bridgehead atoms. The maximum atomic E-state index is 10.2. The summed E-state index contributed by atoms with van der Waals surface area (Å²) in [6.45, 7) is 1.85. The van der Waals surface area contributed by atoms with Crippen molar-refractivity contribution in [2.45, 2.75) is 10.8 Å². The maximum Gasteiger partial charge on any atom is 0.216 e. The van der Waals surface area contributed by atoms with Gasteiger partial charge in [-0.3, -0.25) is 4.79 Å². The second kappa shape index (κ2) is 4.72. The van der Waals surface area contributed by atoms with E-state index in [1.807, 2.05) is 22.6 Å². The fourth-order valence-electron chi connectivity index (χ4n) is 0.289. The van der Waals surface area contributed by atoms with Gasteiger partial charge in [0.05, 0.1) is 3.92 Å². The third-order valence-electron chi connectivity index (χ3n) is 0.694. The number of amides is 1. The Kier molecular flexibility index (Phi) is 4.65. The number of alkyl halides is 1. The van der Waals surface area contributed by atoms with Gasteiger partial charge in [-0.15, -0.1) is 0 Å². The highest BCUT2D eigenvalue weighted by Crippen LogP contribution is 1.92. The average Bonchev–Trinajstić information content (AvgIpc) is 1.83. The van der Waals surface area contributed by atoms with Crippen molar-refractivity contribution in [2.75, 3.05) is 6.54 Å². The highest BCUT2D eigenvalue weighted by molar-refractivity contribution is 14.1. The van der Waals surface area contributed by atoms with E-state index in [-0.39, 0.29) is 9.83 Å². The molecule has 0 aromatic rings. The Balaban J connectivity index is 3.26. The molecule has 0 saturated carbocycles. The largest absolute Gasteiger partial charge is 0.355 e. The first-order valence-electron chi connectivity index (χ1n) is 2.50. The second-order valence-corrected chi connectivity index (χ2v) is 3.19. The summed E-state index contributed by atoms with van der Waals surface area (Å²) in [5, 5.41) is 2.52. The van der Waals surface area contributed by atoms with Crippen LogP contribution < -0.4 is 5.32 Å². The molecule has 1 amide bonds. The van der Waals surface area contributed by atoms with Crippen molar-refractivity contribution < 1.29 is 9.59 Å². The first-order valence-corrected chi connectivity index (χ1v) is 3.75. The molecule has 0 aromatic carbocycles. The lowest BCUT2D eigenvalue weighted by Gasteiger charge is -2.00. The van der Waals surface area contributed by atoms with Gasteiger partial charge >= 0.3 is 0 Å². The Morgan fingerprint density at radius 3 is 2.78 bits per heavy atom. The molecule has 0 radical (unpaired) electrons. The smallest absolute Gasteiger partial charge is 0.216 e. The number of aldehydes is 1. The number of rotatable bonds is 3. The minimum Gasteiger partial charge on any atom is -0.355 e. The van der Waals surface area contributed by atoms with Crippen molar-refractivity contribution >= 4 is 34.8 Å². The maximum absolute atomic E-state index is 10.2. The molecule has 0 aromatic heterocycles. The third kappa shape index (κ3) is 5.75. The van der Waals surface area contributed by atoms with Gasteiger partial charge in [-0.1, -0.05) is 22.6 Å². The van der Waals surface area contributed by atoms with Crippen molar-refractivity contribution in [3.63, 3.8) is 0 Å².